The van der Waals surface area contributed by atoms with Gasteiger partial charge in [-0.15, -0.1) is 0 Å². The molecule has 0 bridgehead atoms. The Bertz CT molecular complexity index is 804. The number of carbonyl (C=O) groups is 1. The van der Waals surface area contributed by atoms with Crippen LogP contribution in [0.3, 0.4) is 0 Å². The van der Waals surface area contributed by atoms with E-state index in [1.807, 2.05) is 0 Å². The highest BCUT2D eigenvalue weighted by Gasteiger charge is 2.27. The number of hydrogen-bond donors (Lipinski definition) is 1. The summed E-state index contributed by atoms with van der Waals surface area (Å²) in [6.07, 6.45) is -2.82. The Morgan fingerprint density at radius 3 is 2.42 bits per heavy atom. The van der Waals surface area contributed by atoms with Gasteiger partial charge in [0, 0.05) is 23.3 Å². The Morgan fingerprint density at radius 2 is 1.77 bits per heavy atom. The van der Waals surface area contributed by atoms with E-state index in [4.69, 9.17) is 0 Å². The average Bonchev–Trinajstić information content (AvgIpc) is 2.56. The number of hydrogen-bond acceptors (Lipinski definition) is 3. The molecule has 140 valence electrons. The zero-order valence-electron chi connectivity index (χ0n) is 13.6. The summed E-state index contributed by atoms with van der Waals surface area (Å²) in [7, 11) is 0. The maximum absolute atomic E-state index is 12.0. The van der Waals surface area contributed by atoms with Crippen molar-refractivity contribution in [2.45, 2.75) is 25.9 Å². The normalized spacial score (nSPS) is 11.4. The van der Waals surface area contributed by atoms with Gasteiger partial charge >= 0.3 is 6.18 Å². The number of halogens is 4. The second-order valence-electron chi connectivity index (χ2n) is 5.51. The lowest BCUT2D eigenvalue weighted by atomic mass is 10.1. The molecule has 0 atom stereocenters. The minimum atomic E-state index is -4.35. The first-order valence-electron chi connectivity index (χ1n) is 7.58. The third-order valence-electron chi connectivity index (χ3n) is 3.31. The fraction of sp³-hybridized carbons (Fsp3) is 0.294. The molecule has 1 aromatic carbocycles. The number of alkyl halides is 3. The second kappa shape index (κ2) is 9.00. The lowest BCUT2D eigenvalue weighted by Gasteiger charge is -2.09. The maximum atomic E-state index is 12.0. The molecule has 2 rings (SSSR count). The molecule has 0 saturated heterocycles. The Labute approximate surface area is 155 Å². The van der Waals surface area contributed by atoms with Crippen LogP contribution in [-0.4, -0.2) is 23.3 Å². The number of nitrogens with one attached hydrogen (secondary N) is 1. The second-order valence-corrected chi connectivity index (χ2v) is 6.43. The first-order valence-corrected chi connectivity index (χ1v) is 8.37. The van der Waals surface area contributed by atoms with Gasteiger partial charge in [-0.25, -0.2) is 0 Å². The van der Waals surface area contributed by atoms with Crippen LogP contribution in [0.25, 0.3) is 0 Å². The minimum absolute atomic E-state index is 0.109. The van der Waals surface area contributed by atoms with Crippen LogP contribution < -0.4 is 10.9 Å². The van der Waals surface area contributed by atoms with Crippen molar-refractivity contribution in [3.63, 3.8) is 0 Å². The van der Waals surface area contributed by atoms with Crippen molar-refractivity contribution in [2.75, 3.05) is 6.61 Å². The third-order valence-corrected chi connectivity index (χ3v) is 3.78. The van der Waals surface area contributed by atoms with Crippen molar-refractivity contribution in [1.29, 1.82) is 0 Å². The van der Waals surface area contributed by atoms with Crippen molar-refractivity contribution in [1.82, 2.24) is 9.88 Å². The lowest BCUT2D eigenvalue weighted by molar-refractivity contribution is -0.176. The van der Waals surface area contributed by atoms with Gasteiger partial charge in [-0.2, -0.15) is 13.2 Å². The van der Waals surface area contributed by atoms with Crippen LogP contribution in [-0.2, 0) is 29.2 Å². The number of aromatic nitrogens is 1. The van der Waals surface area contributed by atoms with Crippen LogP contribution in [0.15, 0.2) is 51.9 Å². The van der Waals surface area contributed by atoms with Gasteiger partial charge in [0.1, 0.15) is 13.2 Å². The molecule has 1 amide bonds. The number of amides is 1. The van der Waals surface area contributed by atoms with E-state index in [2.05, 4.69) is 26.0 Å². The van der Waals surface area contributed by atoms with E-state index < -0.39 is 12.8 Å². The van der Waals surface area contributed by atoms with Gasteiger partial charge in [0.25, 0.3) is 5.56 Å². The van der Waals surface area contributed by atoms with E-state index in [-0.39, 0.29) is 31.2 Å². The Morgan fingerprint density at radius 1 is 1.12 bits per heavy atom. The highest BCUT2D eigenvalue weighted by Crippen LogP contribution is 2.15. The molecule has 5 nitrogen and oxygen atoms in total. The molecule has 0 aliphatic rings. The van der Waals surface area contributed by atoms with E-state index in [0.717, 1.165) is 5.56 Å². The summed E-state index contributed by atoms with van der Waals surface area (Å²) in [6.45, 7) is -1.30. The highest BCUT2D eigenvalue weighted by atomic mass is 79.9. The molecule has 0 spiro atoms. The molecule has 0 radical (unpaired) electrons. The third kappa shape index (κ3) is 7.01. The Balaban J connectivity index is 1.81. The quantitative estimate of drug-likeness (QED) is 0.731. The smallest absolute Gasteiger partial charge is 0.367 e. The molecule has 0 aliphatic carbocycles. The van der Waals surface area contributed by atoms with E-state index in [9.17, 15) is 22.8 Å². The number of pyridine rings is 1. The van der Waals surface area contributed by atoms with Crippen LogP contribution >= 0.6 is 15.9 Å². The monoisotopic (exact) mass is 432 g/mol. The van der Waals surface area contributed by atoms with Crippen LogP contribution in [0.1, 0.15) is 11.1 Å². The zero-order chi connectivity index (χ0) is 19.2. The summed E-state index contributed by atoms with van der Waals surface area (Å²) in [6, 6.07) is 9.61. The predicted molar refractivity (Wildman–Crippen MR) is 92.4 cm³/mol. The van der Waals surface area contributed by atoms with Crippen molar-refractivity contribution in [3.05, 3.63) is 68.5 Å². The van der Waals surface area contributed by atoms with E-state index in [1.54, 1.807) is 30.3 Å². The maximum Gasteiger partial charge on any atom is 0.411 e. The largest absolute Gasteiger partial charge is 0.411 e. The van der Waals surface area contributed by atoms with Gasteiger partial charge in [-0.3, -0.25) is 9.59 Å². The van der Waals surface area contributed by atoms with Gasteiger partial charge in [-0.1, -0.05) is 24.3 Å². The molecule has 0 saturated carbocycles. The molecule has 0 fully saturated rings. The number of nitrogens with zero attached hydrogens (tertiary/aromatic N) is 1. The van der Waals surface area contributed by atoms with E-state index in [1.165, 1.54) is 16.8 Å². The average molecular weight is 433 g/mol. The molecule has 1 heterocycles. The molecular formula is C17H16BrF3N2O3. The summed E-state index contributed by atoms with van der Waals surface area (Å²) in [5.74, 6) is -0.331. The first kappa shape index (κ1) is 20.2. The van der Waals surface area contributed by atoms with Gasteiger partial charge in [0.2, 0.25) is 5.91 Å². The zero-order valence-corrected chi connectivity index (χ0v) is 15.1. The summed E-state index contributed by atoms with van der Waals surface area (Å²) >= 11 is 3.23. The van der Waals surface area contributed by atoms with Crippen molar-refractivity contribution < 1.29 is 22.7 Å². The van der Waals surface area contributed by atoms with Crippen molar-refractivity contribution >= 4 is 21.8 Å². The number of benzene rings is 1. The SMILES string of the molecule is O=C(Cn1cc(Br)ccc1=O)NCc1ccc(COCC(F)(F)F)cc1. The van der Waals surface area contributed by atoms with Crippen LogP contribution in [0.5, 0.6) is 0 Å². The molecule has 0 unspecified atom stereocenters. The van der Waals surface area contributed by atoms with Crippen LogP contribution in [0.2, 0.25) is 0 Å². The Hall–Kier alpha value is -2.13. The molecule has 1 aromatic heterocycles. The van der Waals surface area contributed by atoms with Gasteiger partial charge in [0.05, 0.1) is 6.61 Å². The molecular weight excluding hydrogens is 417 g/mol. The summed E-state index contributed by atoms with van der Waals surface area (Å²) < 4.78 is 42.6. The minimum Gasteiger partial charge on any atom is -0.367 e. The summed E-state index contributed by atoms with van der Waals surface area (Å²) in [5.41, 5.74) is 1.09. The van der Waals surface area contributed by atoms with Gasteiger partial charge in [0.15, 0.2) is 0 Å². The van der Waals surface area contributed by atoms with E-state index in [0.29, 0.717) is 10.0 Å². The Kier molecular flexibility index (Phi) is 6.98. The molecule has 1 N–H and O–H groups in total. The molecule has 0 aliphatic heterocycles. The van der Waals surface area contributed by atoms with Crippen molar-refractivity contribution in [2.24, 2.45) is 0 Å². The van der Waals surface area contributed by atoms with Crippen LogP contribution in [0.4, 0.5) is 13.2 Å². The van der Waals surface area contributed by atoms with Gasteiger partial charge < -0.3 is 14.6 Å². The van der Waals surface area contributed by atoms with Gasteiger partial charge in [-0.05, 0) is 33.1 Å². The molecule has 26 heavy (non-hydrogen) atoms. The summed E-state index contributed by atoms with van der Waals surface area (Å²) in [4.78, 5) is 23.6. The fourth-order valence-corrected chi connectivity index (χ4v) is 2.45. The predicted octanol–water partition coefficient (Wildman–Crippen LogP) is 3.01. The summed E-state index contributed by atoms with van der Waals surface area (Å²) in [5, 5.41) is 2.68. The first-order chi connectivity index (χ1) is 12.2. The molecule has 9 heteroatoms. The lowest BCUT2D eigenvalue weighted by Crippen LogP contribution is -2.31. The standard InChI is InChI=1S/C17H16BrF3N2O3/c18-14-5-6-16(25)23(8-14)9-15(24)22-7-12-1-3-13(4-2-12)10-26-11-17(19,20)21/h1-6,8H,7,9-11H2,(H,22,24). The topological polar surface area (TPSA) is 60.3 Å². The molecule has 2 aromatic rings. The van der Waals surface area contributed by atoms with Crippen molar-refractivity contribution in [3.8, 4) is 0 Å². The number of ether oxygens (including phenoxy) is 1. The van der Waals surface area contributed by atoms with Crippen LogP contribution in [0, 0.1) is 0 Å². The number of carbonyl (C=O) groups excluding carboxylic acids is 1. The number of rotatable bonds is 7. The fourth-order valence-electron chi connectivity index (χ4n) is 2.07. The highest BCUT2D eigenvalue weighted by molar-refractivity contribution is 9.10. The van der Waals surface area contributed by atoms with E-state index >= 15 is 0 Å².